The molecule has 0 aromatic carbocycles. The molecule has 0 aromatic rings. The Hall–Kier alpha value is -0.570. The summed E-state index contributed by atoms with van der Waals surface area (Å²) in [4.78, 5) is 12.2. The quantitative estimate of drug-likeness (QED) is 0.443. The van der Waals surface area contributed by atoms with Crippen LogP contribution in [0.5, 0.6) is 0 Å². The number of rotatable bonds is 10. The second-order valence-electron chi connectivity index (χ2n) is 5.65. The van der Waals surface area contributed by atoms with Gasteiger partial charge in [0.05, 0.1) is 12.7 Å². The summed E-state index contributed by atoms with van der Waals surface area (Å²) < 4.78 is 11.2. The van der Waals surface area contributed by atoms with Crippen LogP contribution >= 0.6 is 0 Å². The third kappa shape index (κ3) is 4.20. The van der Waals surface area contributed by atoms with Crippen molar-refractivity contribution < 1.29 is 14.3 Å². The lowest BCUT2D eigenvalue weighted by molar-refractivity contribution is -0.151. The van der Waals surface area contributed by atoms with E-state index in [1.807, 2.05) is 6.92 Å². The second-order valence-corrected chi connectivity index (χ2v) is 5.65. The fourth-order valence-electron chi connectivity index (χ4n) is 2.62. The predicted octanol–water partition coefficient (Wildman–Crippen LogP) is 4.09. The summed E-state index contributed by atoms with van der Waals surface area (Å²) in [6, 6.07) is 0. The highest BCUT2D eigenvalue weighted by Gasteiger charge is 2.61. The Morgan fingerprint density at radius 2 is 2.00 bits per heavy atom. The Morgan fingerprint density at radius 1 is 1.26 bits per heavy atom. The smallest absolute Gasteiger partial charge is 0.341 e. The number of unbranched alkanes of at least 4 members (excludes halogenated alkanes) is 1. The minimum atomic E-state index is -0.612. The molecule has 3 heteroatoms. The summed E-state index contributed by atoms with van der Waals surface area (Å²) in [5, 5.41) is 0. The van der Waals surface area contributed by atoms with Crippen LogP contribution in [-0.4, -0.2) is 24.3 Å². The molecule has 112 valence electrons. The Morgan fingerprint density at radius 3 is 2.53 bits per heavy atom. The van der Waals surface area contributed by atoms with E-state index in [-0.39, 0.29) is 12.1 Å². The fourth-order valence-corrected chi connectivity index (χ4v) is 2.62. The average Bonchev–Trinajstić information content (AvgIpc) is 3.14. The molecule has 0 amide bonds. The number of epoxide rings is 1. The zero-order valence-corrected chi connectivity index (χ0v) is 13.0. The average molecular weight is 270 g/mol. The van der Waals surface area contributed by atoms with Gasteiger partial charge in [-0.05, 0) is 25.2 Å². The van der Waals surface area contributed by atoms with Gasteiger partial charge < -0.3 is 9.47 Å². The highest BCUT2D eigenvalue weighted by molar-refractivity contribution is 5.83. The summed E-state index contributed by atoms with van der Waals surface area (Å²) in [5.41, 5.74) is -0.612. The van der Waals surface area contributed by atoms with E-state index in [9.17, 15) is 4.79 Å². The first-order chi connectivity index (χ1) is 9.14. The number of carbonyl (C=O) groups is 1. The molecule has 1 aliphatic heterocycles. The lowest BCUT2D eigenvalue weighted by atomic mass is 9.98. The van der Waals surface area contributed by atoms with Crippen molar-refractivity contribution in [3.8, 4) is 0 Å². The van der Waals surface area contributed by atoms with E-state index in [2.05, 4.69) is 20.8 Å². The van der Waals surface area contributed by atoms with E-state index in [1.165, 1.54) is 12.8 Å². The molecule has 1 aliphatic rings. The Bertz CT molecular complexity index is 277. The summed E-state index contributed by atoms with van der Waals surface area (Å²) in [6.45, 7) is 9.03. The van der Waals surface area contributed by atoms with Gasteiger partial charge in [0, 0.05) is 0 Å². The maximum absolute atomic E-state index is 12.2. The van der Waals surface area contributed by atoms with Gasteiger partial charge in [0.25, 0.3) is 0 Å². The van der Waals surface area contributed by atoms with Gasteiger partial charge in [-0.3, -0.25) is 0 Å². The highest BCUT2D eigenvalue weighted by atomic mass is 16.7. The number of ether oxygens (including phenoxy) is 2. The largest absolute Gasteiger partial charge is 0.463 e. The van der Waals surface area contributed by atoms with Crippen molar-refractivity contribution in [2.24, 2.45) is 5.92 Å². The van der Waals surface area contributed by atoms with Gasteiger partial charge in [-0.2, -0.15) is 0 Å². The van der Waals surface area contributed by atoms with Crippen LogP contribution in [0.15, 0.2) is 0 Å². The van der Waals surface area contributed by atoms with Crippen LogP contribution in [0.25, 0.3) is 0 Å². The van der Waals surface area contributed by atoms with E-state index in [0.717, 1.165) is 32.1 Å². The lowest BCUT2D eigenvalue weighted by Gasteiger charge is -2.16. The maximum Gasteiger partial charge on any atom is 0.341 e. The summed E-state index contributed by atoms with van der Waals surface area (Å²) in [7, 11) is 0. The van der Waals surface area contributed by atoms with Gasteiger partial charge in [-0.1, -0.05) is 53.4 Å². The molecule has 0 saturated carbocycles. The van der Waals surface area contributed by atoms with Crippen LogP contribution in [-0.2, 0) is 14.3 Å². The van der Waals surface area contributed by atoms with Crippen molar-refractivity contribution in [2.75, 3.05) is 6.61 Å². The molecule has 1 rings (SSSR count). The monoisotopic (exact) mass is 270 g/mol. The van der Waals surface area contributed by atoms with Crippen molar-refractivity contribution in [1.29, 1.82) is 0 Å². The van der Waals surface area contributed by atoms with Crippen LogP contribution in [0.3, 0.4) is 0 Å². The van der Waals surface area contributed by atoms with Gasteiger partial charge >= 0.3 is 5.97 Å². The van der Waals surface area contributed by atoms with Crippen molar-refractivity contribution in [1.82, 2.24) is 0 Å². The minimum absolute atomic E-state index is 0.0886. The van der Waals surface area contributed by atoms with E-state index in [0.29, 0.717) is 12.5 Å². The van der Waals surface area contributed by atoms with Crippen LogP contribution < -0.4 is 0 Å². The topological polar surface area (TPSA) is 38.8 Å². The predicted molar refractivity (Wildman–Crippen MR) is 77.1 cm³/mol. The van der Waals surface area contributed by atoms with E-state index >= 15 is 0 Å². The number of esters is 1. The standard InChI is InChI=1S/C16H30O3/c1-5-9-11-13(7-3)12-18-15(17)16(8-4)14(19-16)10-6-2/h13-14H,5-12H2,1-4H3. The molecule has 1 fully saturated rings. The van der Waals surface area contributed by atoms with Gasteiger partial charge in [0.2, 0.25) is 0 Å². The van der Waals surface area contributed by atoms with Gasteiger partial charge in [-0.15, -0.1) is 0 Å². The van der Waals surface area contributed by atoms with Gasteiger partial charge in [-0.25, -0.2) is 4.79 Å². The molecule has 1 heterocycles. The number of hydrogen-bond acceptors (Lipinski definition) is 3. The van der Waals surface area contributed by atoms with Crippen LogP contribution in [0.2, 0.25) is 0 Å². The molecular formula is C16H30O3. The van der Waals surface area contributed by atoms with Crippen LogP contribution in [0.4, 0.5) is 0 Å². The van der Waals surface area contributed by atoms with Crippen molar-refractivity contribution in [2.45, 2.75) is 84.3 Å². The molecule has 0 aliphatic carbocycles. The first-order valence-electron chi connectivity index (χ1n) is 7.99. The highest BCUT2D eigenvalue weighted by Crippen LogP contribution is 2.43. The van der Waals surface area contributed by atoms with Crippen molar-refractivity contribution in [3.05, 3.63) is 0 Å². The van der Waals surface area contributed by atoms with Crippen LogP contribution in [0.1, 0.15) is 72.6 Å². The number of carbonyl (C=O) groups excluding carboxylic acids is 1. The normalized spacial score (nSPS) is 27.1. The fraction of sp³-hybridized carbons (Fsp3) is 0.938. The Kier molecular flexibility index (Phi) is 6.84. The van der Waals surface area contributed by atoms with E-state index in [1.54, 1.807) is 0 Å². The third-order valence-corrected chi connectivity index (χ3v) is 4.23. The second kappa shape index (κ2) is 7.88. The Labute approximate surface area is 118 Å². The molecule has 0 spiro atoms. The first kappa shape index (κ1) is 16.5. The van der Waals surface area contributed by atoms with Crippen molar-refractivity contribution >= 4 is 5.97 Å². The molecule has 3 atom stereocenters. The van der Waals surface area contributed by atoms with Crippen LogP contribution in [0, 0.1) is 5.92 Å². The molecule has 1 saturated heterocycles. The molecule has 0 aromatic heterocycles. The molecule has 19 heavy (non-hydrogen) atoms. The number of hydrogen-bond donors (Lipinski definition) is 0. The zero-order valence-electron chi connectivity index (χ0n) is 13.0. The summed E-state index contributed by atoms with van der Waals surface area (Å²) >= 11 is 0. The minimum Gasteiger partial charge on any atom is -0.463 e. The van der Waals surface area contributed by atoms with Gasteiger partial charge in [0.1, 0.15) is 0 Å². The van der Waals surface area contributed by atoms with E-state index in [4.69, 9.17) is 9.47 Å². The summed E-state index contributed by atoms with van der Waals surface area (Å²) in [5.74, 6) is 0.365. The SMILES string of the molecule is CCCCC(CC)COC(=O)C1(CC)OC1CCC. The molecule has 3 nitrogen and oxygen atoms in total. The van der Waals surface area contributed by atoms with E-state index < -0.39 is 5.60 Å². The molecule has 0 bridgehead atoms. The molecule has 0 N–H and O–H groups in total. The molecule has 3 unspecified atom stereocenters. The molecular weight excluding hydrogens is 240 g/mol. The zero-order chi connectivity index (χ0) is 14.3. The third-order valence-electron chi connectivity index (χ3n) is 4.23. The lowest BCUT2D eigenvalue weighted by Crippen LogP contribution is -2.30. The Balaban J connectivity index is 2.37. The summed E-state index contributed by atoms with van der Waals surface area (Å²) in [6.07, 6.45) is 7.45. The maximum atomic E-state index is 12.2. The molecule has 0 radical (unpaired) electrons. The van der Waals surface area contributed by atoms with Crippen molar-refractivity contribution in [3.63, 3.8) is 0 Å². The van der Waals surface area contributed by atoms with Gasteiger partial charge in [0.15, 0.2) is 5.60 Å². The first-order valence-corrected chi connectivity index (χ1v) is 7.99.